The minimum atomic E-state index is -0.486. The molecule has 1 aliphatic carbocycles. The van der Waals surface area contributed by atoms with Crippen LogP contribution in [0.3, 0.4) is 0 Å². The van der Waals surface area contributed by atoms with Gasteiger partial charge in [-0.3, -0.25) is 9.59 Å². The van der Waals surface area contributed by atoms with Gasteiger partial charge in [-0.15, -0.1) is 0 Å². The molecule has 0 atom stereocenters. The first-order valence-corrected chi connectivity index (χ1v) is 9.27. The predicted molar refractivity (Wildman–Crippen MR) is 101 cm³/mol. The number of hydrogen-bond donors (Lipinski definition) is 1. The second-order valence-electron chi connectivity index (χ2n) is 6.97. The van der Waals surface area contributed by atoms with Crippen molar-refractivity contribution in [1.29, 1.82) is 0 Å². The number of hydrogen-bond acceptors (Lipinski definition) is 4. The number of amides is 1. The van der Waals surface area contributed by atoms with Crippen LogP contribution >= 0.6 is 0 Å². The third kappa shape index (κ3) is 4.06. The molecular weight excluding hydrogens is 361 g/mol. The van der Waals surface area contributed by atoms with E-state index in [1.165, 1.54) is 23.3 Å². The number of fused-ring (bicyclic) bond motifs is 2. The molecule has 0 radical (unpaired) electrons. The maximum absolute atomic E-state index is 12.9. The summed E-state index contributed by atoms with van der Waals surface area (Å²) in [5, 5.41) is 3.56. The number of furan rings is 1. The Bertz CT molecular complexity index is 1020. The molecule has 1 N–H and O–H groups in total. The van der Waals surface area contributed by atoms with Crippen molar-refractivity contribution >= 4 is 22.8 Å². The lowest BCUT2D eigenvalue weighted by Crippen LogP contribution is -2.28. The summed E-state index contributed by atoms with van der Waals surface area (Å²) < 4.78 is 23.5. The first kappa shape index (κ1) is 18.2. The first-order valence-electron chi connectivity index (χ1n) is 9.27. The zero-order valence-corrected chi connectivity index (χ0v) is 15.3. The fraction of sp³-hybridized carbons (Fsp3) is 0.273. The Labute approximate surface area is 161 Å². The lowest BCUT2D eigenvalue weighted by Gasteiger charge is -2.07. The largest absolute Gasteiger partial charge is 0.464 e. The molecule has 0 bridgehead atoms. The van der Waals surface area contributed by atoms with Crippen molar-refractivity contribution in [2.24, 2.45) is 0 Å². The van der Waals surface area contributed by atoms with Gasteiger partial charge in [-0.25, -0.2) is 4.39 Å². The highest BCUT2D eigenvalue weighted by Gasteiger charge is 2.17. The molecule has 28 heavy (non-hydrogen) atoms. The van der Waals surface area contributed by atoms with Gasteiger partial charge in [0.2, 0.25) is 0 Å². The van der Waals surface area contributed by atoms with Crippen LogP contribution in [0.25, 0.3) is 11.0 Å². The Balaban J connectivity index is 1.29. The zero-order valence-electron chi connectivity index (χ0n) is 15.3. The van der Waals surface area contributed by atoms with E-state index >= 15 is 0 Å². The Morgan fingerprint density at radius 3 is 2.64 bits per heavy atom. The van der Waals surface area contributed by atoms with Gasteiger partial charge in [0.15, 0.2) is 6.61 Å². The summed E-state index contributed by atoms with van der Waals surface area (Å²) in [5.74, 6) is -1.23. The van der Waals surface area contributed by atoms with Crippen molar-refractivity contribution in [3.63, 3.8) is 0 Å². The van der Waals surface area contributed by atoms with Crippen LogP contribution in [0.15, 0.2) is 47.1 Å². The monoisotopic (exact) mass is 381 g/mol. The molecule has 0 saturated carbocycles. The molecule has 1 aliphatic rings. The van der Waals surface area contributed by atoms with Gasteiger partial charge in [0.25, 0.3) is 5.91 Å². The molecule has 0 fully saturated rings. The fourth-order valence-electron chi connectivity index (χ4n) is 3.49. The van der Waals surface area contributed by atoms with Crippen molar-refractivity contribution in [3.05, 3.63) is 70.7 Å². The minimum absolute atomic E-state index is 0.0526. The van der Waals surface area contributed by atoms with Crippen LogP contribution in [0, 0.1) is 5.82 Å². The number of carbonyl (C=O) groups is 2. The minimum Gasteiger partial charge on any atom is -0.464 e. The summed E-state index contributed by atoms with van der Waals surface area (Å²) in [6, 6.07) is 9.97. The molecule has 0 saturated heterocycles. The summed E-state index contributed by atoms with van der Waals surface area (Å²) in [6.45, 7) is -0.112. The molecular formula is C22H20FNO4. The molecule has 4 rings (SSSR count). The number of aryl methyl sites for hydroxylation is 2. The van der Waals surface area contributed by atoms with Gasteiger partial charge in [-0.1, -0.05) is 12.1 Å². The van der Waals surface area contributed by atoms with Gasteiger partial charge < -0.3 is 14.5 Å². The van der Waals surface area contributed by atoms with Crippen molar-refractivity contribution in [2.45, 2.75) is 32.2 Å². The van der Waals surface area contributed by atoms with E-state index in [0.717, 1.165) is 41.4 Å². The third-order valence-electron chi connectivity index (χ3n) is 4.97. The van der Waals surface area contributed by atoms with Crippen LogP contribution in [-0.4, -0.2) is 18.5 Å². The molecule has 2 aromatic carbocycles. The number of carbonyl (C=O) groups excluding carboxylic acids is 2. The van der Waals surface area contributed by atoms with E-state index in [2.05, 4.69) is 17.4 Å². The molecule has 0 aliphatic heterocycles. The number of rotatable bonds is 6. The molecule has 1 amide bonds. The maximum atomic E-state index is 12.9. The van der Waals surface area contributed by atoms with Crippen LogP contribution in [-0.2, 0) is 40.1 Å². The molecule has 0 spiro atoms. The summed E-state index contributed by atoms with van der Waals surface area (Å²) in [6.07, 6.45) is 4.89. The molecule has 5 nitrogen and oxygen atoms in total. The average Bonchev–Trinajstić information content (AvgIpc) is 3.30. The van der Waals surface area contributed by atoms with Crippen molar-refractivity contribution < 1.29 is 23.1 Å². The lowest BCUT2D eigenvalue weighted by molar-refractivity contribution is -0.147. The van der Waals surface area contributed by atoms with E-state index in [0.29, 0.717) is 0 Å². The number of benzene rings is 2. The van der Waals surface area contributed by atoms with Crippen LogP contribution in [0.5, 0.6) is 0 Å². The van der Waals surface area contributed by atoms with Gasteiger partial charge in [-0.05, 0) is 60.2 Å². The second kappa shape index (κ2) is 7.84. The van der Waals surface area contributed by atoms with E-state index in [9.17, 15) is 14.0 Å². The van der Waals surface area contributed by atoms with Crippen LogP contribution < -0.4 is 5.32 Å². The van der Waals surface area contributed by atoms with Gasteiger partial charge in [0, 0.05) is 17.5 Å². The number of ether oxygens (including phenoxy) is 1. The van der Waals surface area contributed by atoms with Crippen LogP contribution in [0.2, 0.25) is 0 Å². The standard InChI is InChI=1S/C22H20FNO4/c23-18-6-4-14(5-7-18)11-24-21(25)13-28-22(26)10-17-12-27-20-9-16-3-1-2-15(16)8-19(17)20/h4-9,12H,1-3,10-11,13H2,(H,24,25). The molecule has 1 heterocycles. The first-order chi connectivity index (χ1) is 13.6. The topological polar surface area (TPSA) is 68.5 Å². The molecule has 144 valence electrons. The highest BCUT2D eigenvalue weighted by molar-refractivity contribution is 5.88. The number of halogens is 1. The van der Waals surface area contributed by atoms with Crippen LogP contribution in [0.4, 0.5) is 4.39 Å². The smallest absolute Gasteiger partial charge is 0.310 e. The van der Waals surface area contributed by atoms with E-state index in [4.69, 9.17) is 9.15 Å². The number of esters is 1. The highest BCUT2D eigenvalue weighted by atomic mass is 19.1. The zero-order chi connectivity index (χ0) is 19.5. The normalized spacial score (nSPS) is 12.8. The molecule has 3 aromatic rings. The van der Waals surface area contributed by atoms with Crippen molar-refractivity contribution in [2.75, 3.05) is 6.61 Å². The molecule has 0 unspecified atom stereocenters. The quantitative estimate of drug-likeness (QED) is 0.664. The fourth-order valence-corrected chi connectivity index (χ4v) is 3.49. The second-order valence-corrected chi connectivity index (χ2v) is 6.97. The van der Waals surface area contributed by atoms with Crippen LogP contribution in [0.1, 0.15) is 28.7 Å². The lowest BCUT2D eigenvalue weighted by atomic mass is 10.0. The summed E-state index contributed by atoms with van der Waals surface area (Å²) in [5.41, 5.74) is 4.93. The van der Waals surface area contributed by atoms with Gasteiger partial charge in [-0.2, -0.15) is 0 Å². The third-order valence-corrected chi connectivity index (χ3v) is 4.97. The Morgan fingerprint density at radius 1 is 1.11 bits per heavy atom. The summed E-state index contributed by atoms with van der Waals surface area (Å²) >= 11 is 0. The van der Waals surface area contributed by atoms with E-state index < -0.39 is 11.9 Å². The predicted octanol–water partition coefficient (Wildman–Crippen LogP) is 3.46. The van der Waals surface area contributed by atoms with Gasteiger partial charge in [0.05, 0.1) is 12.7 Å². The highest BCUT2D eigenvalue weighted by Crippen LogP contribution is 2.30. The maximum Gasteiger partial charge on any atom is 0.310 e. The van der Waals surface area contributed by atoms with Crippen molar-refractivity contribution in [1.82, 2.24) is 5.32 Å². The van der Waals surface area contributed by atoms with Crippen molar-refractivity contribution in [3.8, 4) is 0 Å². The Kier molecular flexibility index (Phi) is 5.10. The molecule has 6 heteroatoms. The van der Waals surface area contributed by atoms with Gasteiger partial charge >= 0.3 is 5.97 Å². The van der Waals surface area contributed by atoms with Gasteiger partial charge in [0.1, 0.15) is 11.4 Å². The molecule has 1 aromatic heterocycles. The Morgan fingerprint density at radius 2 is 1.86 bits per heavy atom. The number of nitrogens with one attached hydrogen (secondary N) is 1. The summed E-state index contributed by atoms with van der Waals surface area (Å²) in [7, 11) is 0. The summed E-state index contributed by atoms with van der Waals surface area (Å²) in [4.78, 5) is 24.0. The average molecular weight is 381 g/mol. The van der Waals surface area contributed by atoms with E-state index in [-0.39, 0.29) is 25.4 Å². The Hall–Kier alpha value is -3.15. The van der Waals surface area contributed by atoms with E-state index in [1.807, 2.05) is 0 Å². The van der Waals surface area contributed by atoms with E-state index in [1.54, 1.807) is 18.4 Å². The SMILES string of the molecule is O=C(COC(=O)Cc1coc2cc3c(cc12)CCC3)NCc1ccc(F)cc1.